The van der Waals surface area contributed by atoms with E-state index in [1.54, 1.807) is 11.8 Å². The van der Waals surface area contributed by atoms with Gasteiger partial charge in [0.1, 0.15) is 0 Å². The summed E-state index contributed by atoms with van der Waals surface area (Å²) in [6.07, 6.45) is 2.01. The Balaban J connectivity index is 1.64. The molecule has 0 radical (unpaired) electrons. The Morgan fingerprint density at radius 3 is 2.75 bits per heavy atom. The number of benzene rings is 1. The minimum atomic E-state index is -0.269. The second kappa shape index (κ2) is 9.52. The van der Waals surface area contributed by atoms with Crippen LogP contribution in [0.1, 0.15) is 25.3 Å². The molecule has 2 rings (SSSR count). The monoisotopic (exact) mass is 397 g/mol. The van der Waals surface area contributed by atoms with Crippen LogP contribution in [0.2, 0.25) is 0 Å². The zero-order valence-electron chi connectivity index (χ0n) is 13.9. The summed E-state index contributed by atoms with van der Waals surface area (Å²) in [6, 6.07) is 7.99. The van der Waals surface area contributed by atoms with Crippen LogP contribution in [0.25, 0.3) is 0 Å². The number of carbonyl (C=O) groups is 2. The van der Waals surface area contributed by atoms with Crippen LogP contribution < -0.4 is 10.6 Å². The summed E-state index contributed by atoms with van der Waals surface area (Å²) in [5.41, 5.74) is 1.17. The number of carbonyl (C=O) groups excluding carboxylic acids is 2. The van der Waals surface area contributed by atoms with E-state index in [0.717, 1.165) is 23.7 Å². The molecule has 2 N–H and O–H groups in total. The average Bonchev–Trinajstić information content (AvgIpc) is 2.56. The highest BCUT2D eigenvalue weighted by Gasteiger charge is 2.24. The lowest BCUT2D eigenvalue weighted by Gasteiger charge is -2.31. The Bertz CT molecular complexity index is 560. The fraction of sp³-hybridized carbons (Fsp3) is 0.529. The molecule has 0 atom stereocenters. The first-order valence-electron chi connectivity index (χ1n) is 8.29. The maximum absolute atomic E-state index is 11.9. The van der Waals surface area contributed by atoms with Gasteiger partial charge in [-0.25, -0.2) is 9.59 Å². The third kappa shape index (κ3) is 6.03. The smallest absolute Gasteiger partial charge is 0.409 e. The number of likely N-dealkylation sites (tertiary alicyclic amines) is 1. The predicted molar refractivity (Wildman–Crippen MR) is 96.0 cm³/mol. The van der Waals surface area contributed by atoms with Crippen molar-refractivity contribution < 1.29 is 14.3 Å². The zero-order chi connectivity index (χ0) is 17.4. The van der Waals surface area contributed by atoms with Crippen molar-refractivity contribution in [3.8, 4) is 0 Å². The first-order chi connectivity index (χ1) is 11.6. The fourth-order valence-corrected chi connectivity index (χ4v) is 3.12. The number of ether oxygens (including phenoxy) is 1. The van der Waals surface area contributed by atoms with Gasteiger partial charge in [0.15, 0.2) is 0 Å². The van der Waals surface area contributed by atoms with Crippen LogP contribution in [0.4, 0.5) is 9.59 Å². The highest BCUT2D eigenvalue weighted by molar-refractivity contribution is 9.10. The van der Waals surface area contributed by atoms with Crippen LogP contribution in [0.15, 0.2) is 28.7 Å². The molecular formula is C17H24BrN3O3. The van der Waals surface area contributed by atoms with Gasteiger partial charge in [0, 0.05) is 30.1 Å². The molecule has 24 heavy (non-hydrogen) atoms. The number of amides is 3. The van der Waals surface area contributed by atoms with Gasteiger partial charge in [-0.05, 0) is 43.9 Å². The van der Waals surface area contributed by atoms with E-state index in [2.05, 4.69) is 26.6 Å². The first kappa shape index (κ1) is 18.6. The molecule has 0 aromatic heterocycles. The molecule has 3 amide bonds. The number of urea groups is 1. The van der Waals surface area contributed by atoms with E-state index in [0.29, 0.717) is 26.2 Å². The quantitative estimate of drug-likeness (QED) is 0.802. The lowest BCUT2D eigenvalue weighted by molar-refractivity contribution is 0.0957. The number of hydrogen-bond acceptors (Lipinski definition) is 3. The normalized spacial score (nSPS) is 15.0. The van der Waals surface area contributed by atoms with Gasteiger partial charge in [0.25, 0.3) is 0 Å². The van der Waals surface area contributed by atoms with Crippen LogP contribution >= 0.6 is 15.9 Å². The first-order valence-corrected chi connectivity index (χ1v) is 9.08. The molecule has 1 aromatic carbocycles. The van der Waals surface area contributed by atoms with Gasteiger partial charge in [-0.3, -0.25) is 0 Å². The molecule has 1 saturated heterocycles. The maximum Gasteiger partial charge on any atom is 0.409 e. The van der Waals surface area contributed by atoms with E-state index in [4.69, 9.17) is 4.74 Å². The Kier molecular flexibility index (Phi) is 7.36. The fourth-order valence-electron chi connectivity index (χ4n) is 2.67. The van der Waals surface area contributed by atoms with E-state index in [-0.39, 0.29) is 18.2 Å². The molecule has 0 unspecified atom stereocenters. The number of halogens is 1. The predicted octanol–water partition coefficient (Wildman–Crippen LogP) is 2.91. The number of hydrogen-bond donors (Lipinski definition) is 2. The van der Waals surface area contributed by atoms with Crippen molar-refractivity contribution in [3.63, 3.8) is 0 Å². The summed E-state index contributed by atoms with van der Waals surface area (Å²) in [7, 11) is 0. The van der Waals surface area contributed by atoms with Crippen molar-refractivity contribution in [2.24, 2.45) is 0 Å². The molecule has 7 heteroatoms. The van der Waals surface area contributed by atoms with E-state index in [1.165, 1.54) is 5.56 Å². The van der Waals surface area contributed by atoms with Crippen LogP contribution in [-0.2, 0) is 11.2 Å². The number of nitrogens with one attached hydrogen (secondary N) is 2. The second-order valence-corrected chi connectivity index (χ2v) is 6.66. The van der Waals surface area contributed by atoms with Crippen molar-refractivity contribution in [3.05, 3.63) is 34.3 Å². The van der Waals surface area contributed by atoms with E-state index >= 15 is 0 Å². The summed E-state index contributed by atoms with van der Waals surface area (Å²) < 4.78 is 6.02. The van der Waals surface area contributed by atoms with Crippen molar-refractivity contribution in [2.45, 2.75) is 32.2 Å². The topological polar surface area (TPSA) is 70.7 Å². The van der Waals surface area contributed by atoms with Crippen molar-refractivity contribution >= 4 is 28.1 Å². The molecule has 1 heterocycles. The summed E-state index contributed by atoms with van der Waals surface area (Å²) in [4.78, 5) is 25.3. The van der Waals surface area contributed by atoms with Crippen LogP contribution in [-0.4, -0.2) is 49.3 Å². The zero-order valence-corrected chi connectivity index (χ0v) is 15.5. The molecule has 1 aliphatic rings. The molecule has 0 aliphatic carbocycles. The van der Waals surface area contributed by atoms with Gasteiger partial charge >= 0.3 is 12.1 Å². The van der Waals surface area contributed by atoms with Gasteiger partial charge < -0.3 is 20.3 Å². The number of rotatable bonds is 5. The Hall–Kier alpha value is -1.76. The molecule has 6 nitrogen and oxygen atoms in total. The van der Waals surface area contributed by atoms with Crippen LogP contribution in [0, 0.1) is 0 Å². The summed E-state index contributed by atoms with van der Waals surface area (Å²) in [5, 5.41) is 5.85. The van der Waals surface area contributed by atoms with Gasteiger partial charge in [0.2, 0.25) is 0 Å². The molecule has 0 saturated carbocycles. The highest BCUT2D eigenvalue weighted by atomic mass is 79.9. The lowest BCUT2D eigenvalue weighted by atomic mass is 10.1. The molecular weight excluding hydrogens is 374 g/mol. The van der Waals surface area contributed by atoms with Crippen molar-refractivity contribution in [1.82, 2.24) is 15.5 Å². The SMILES string of the molecule is CCOC(=O)N1CCC(NC(=O)NCCc2cccc(Br)c2)CC1. The van der Waals surface area contributed by atoms with Crippen molar-refractivity contribution in [2.75, 3.05) is 26.2 Å². The van der Waals surface area contributed by atoms with Gasteiger partial charge in [-0.1, -0.05) is 28.1 Å². The van der Waals surface area contributed by atoms with E-state index in [9.17, 15) is 9.59 Å². The van der Waals surface area contributed by atoms with Gasteiger partial charge in [0.05, 0.1) is 6.61 Å². The van der Waals surface area contributed by atoms with Gasteiger partial charge in [-0.15, -0.1) is 0 Å². The summed E-state index contributed by atoms with van der Waals surface area (Å²) in [6.45, 7) is 4.00. The summed E-state index contributed by atoms with van der Waals surface area (Å²) in [5.74, 6) is 0. The Morgan fingerprint density at radius 2 is 2.08 bits per heavy atom. The Morgan fingerprint density at radius 1 is 1.33 bits per heavy atom. The molecule has 1 aromatic rings. The minimum absolute atomic E-state index is 0.0987. The lowest BCUT2D eigenvalue weighted by Crippen LogP contribution is -2.49. The molecule has 1 fully saturated rings. The van der Waals surface area contributed by atoms with E-state index < -0.39 is 0 Å². The van der Waals surface area contributed by atoms with E-state index in [1.807, 2.05) is 24.3 Å². The second-order valence-electron chi connectivity index (χ2n) is 5.74. The molecule has 0 bridgehead atoms. The third-order valence-electron chi connectivity index (χ3n) is 3.94. The van der Waals surface area contributed by atoms with Crippen LogP contribution in [0.5, 0.6) is 0 Å². The number of piperidine rings is 1. The maximum atomic E-state index is 11.9. The Labute approximate surface area is 151 Å². The van der Waals surface area contributed by atoms with Crippen LogP contribution in [0.3, 0.4) is 0 Å². The standard InChI is InChI=1S/C17H24BrN3O3/c1-2-24-17(23)21-10-7-15(8-11-21)20-16(22)19-9-6-13-4-3-5-14(18)12-13/h3-5,12,15H,2,6-11H2,1H3,(H2,19,20,22). The third-order valence-corrected chi connectivity index (χ3v) is 4.44. The largest absolute Gasteiger partial charge is 0.450 e. The average molecular weight is 398 g/mol. The highest BCUT2D eigenvalue weighted by Crippen LogP contribution is 2.12. The molecule has 132 valence electrons. The summed E-state index contributed by atoms with van der Waals surface area (Å²) >= 11 is 3.44. The molecule has 1 aliphatic heterocycles. The number of nitrogens with zero attached hydrogens (tertiary/aromatic N) is 1. The minimum Gasteiger partial charge on any atom is -0.450 e. The molecule has 0 spiro atoms. The van der Waals surface area contributed by atoms with Gasteiger partial charge in [-0.2, -0.15) is 0 Å². The van der Waals surface area contributed by atoms with Crippen molar-refractivity contribution in [1.29, 1.82) is 0 Å².